The Morgan fingerprint density at radius 1 is 0.871 bits per heavy atom. The molecule has 0 bridgehead atoms. The van der Waals surface area contributed by atoms with Crippen LogP contribution in [0.4, 0.5) is 22.1 Å². The summed E-state index contributed by atoms with van der Waals surface area (Å²) in [7, 11) is 0. The van der Waals surface area contributed by atoms with E-state index in [4.69, 9.17) is 10.2 Å². The van der Waals surface area contributed by atoms with Gasteiger partial charge in [0.05, 0.1) is 29.5 Å². The average molecular weight is 439 g/mol. The molecule has 1 heterocycles. The highest BCUT2D eigenvalue weighted by molar-refractivity contribution is 7.16. The summed E-state index contributed by atoms with van der Waals surface area (Å²) < 4.78 is 0. The summed E-state index contributed by atoms with van der Waals surface area (Å²) in [5, 5.41) is 37.6. The van der Waals surface area contributed by atoms with Gasteiger partial charge in [-0.2, -0.15) is 10.2 Å². The van der Waals surface area contributed by atoms with Crippen LogP contribution in [-0.2, 0) is 0 Å². The normalized spacial score (nSPS) is 11.4. The first-order valence-electron chi connectivity index (χ1n) is 9.60. The van der Waals surface area contributed by atoms with Crippen LogP contribution in [-0.4, -0.2) is 41.4 Å². The molecule has 3 aromatic rings. The number of rotatable bonds is 10. The van der Waals surface area contributed by atoms with Crippen LogP contribution in [0.1, 0.15) is 10.4 Å². The van der Waals surface area contributed by atoms with E-state index in [9.17, 15) is 10.1 Å². The Hall–Kier alpha value is -3.40. The Labute approximate surface area is 183 Å². The summed E-state index contributed by atoms with van der Waals surface area (Å²) in [6.45, 7) is 0.928. The number of thiophene rings is 1. The molecule has 8 nitrogen and oxygen atoms in total. The van der Waals surface area contributed by atoms with Crippen LogP contribution in [0.2, 0.25) is 0 Å². The van der Waals surface area contributed by atoms with Crippen molar-refractivity contribution in [2.45, 2.75) is 0 Å². The maximum atomic E-state index is 10.7. The zero-order chi connectivity index (χ0) is 22.1. The molecule has 1 aromatic heterocycles. The van der Waals surface area contributed by atoms with Gasteiger partial charge in [0.25, 0.3) is 0 Å². The number of aliphatic hydroxyl groups excluding tert-OH is 2. The van der Waals surface area contributed by atoms with Gasteiger partial charge in [-0.25, -0.2) is 0 Å². The average Bonchev–Trinajstić information content (AvgIpc) is 3.27. The molecule has 160 valence electrons. The van der Waals surface area contributed by atoms with Crippen molar-refractivity contribution in [3.05, 3.63) is 81.2 Å². The standard InChI is InChI=1S/C22H22N4O4S/c27-15-13-25(14-16-28)20-8-6-19(7-9-20)24-23-18-4-1-17(2-5-18)3-10-21-11-12-22(31-21)26(29)30/h1-12,27-28H,13-16H2/b10-3+,24-23?. The van der Waals surface area contributed by atoms with E-state index < -0.39 is 4.92 Å². The maximum Gasteiger partial charge on any atom is 0.324 e. The van der Waals surface area contributed by atoms with Crippen LogP contribution in [0.3, 0.4) is 0 Å². The Bertz CT molecular complexity index is 1040. The lowest BCUT2D eigenvalue weighted by molar-refractivity contribution is -0.380. The van der Waals surface area contributed by atoms with E-state index in [0.717, 1.165) is 27.5 Å². The van der Waals surface area contributed by atoms with Crippen LogP contribution >= 0.6 is 11.3 Å². The molecule has 0 aliphatic heterocycles. The minimum atomic E-state index is -0.393. The minimum Gasteiger partial charge on any atom is -0.395 e. The molecule has 0 saturated heterocycles. The van der Waals surface area contributed by atoms with Crippen molar-refractivity contribution in [1.29, 1.82) is 0 Å². The number of azo groups is 1. The summed E-state index contributed by atoms with van der Waals surface area (Å²) >= 11 is 1.13. The number of nitrogens with zero attached hydrogens (tertiary/aromatic N) is 4. The van der Waals surface area contributed by atoms with E-state index in [-0.39, 0.29) is 18.2 Å². The molecule has 0 unspecified atom stereocenters. The molecule has 0 atom stereocenters. The zero-order valence-electron chi connectivity index (χ0n) is 16.7. The molecule has 31 heavy (non-hydrogen) atoms. The molecule has 0 spiro atoms. The Morgan fingerprint density at radius 3 is 1.97 bits per heavy atom. The molecule has 0 aliphatic rings. The van der Waals surface area contributed by atoms with Gasteiger partial charge < -0.3 is 15.1 Å². The SMILES string of the molecule is O=[N+]([O-])c1ccc(/C=C/c2ccc(N=Nc3ccc(N(CCO)CCO)cc3)cc2)s1. The van der Waals surface area contributed by atoms with E-state index in [2.05, 4.69) is 10.2 Å². The molecule has 0 fully saturated rings. The number of benzene rings is 2. The molecule has 0 saturated carbocycles. The zero-order valence-corrected chi connectivity index (χ0v) is 17.5. The summed E-state index contributed by atoms with van der Waals surface area (Å²) in [6.07, 6.45) is 3.73. The molecule has 2 N–H and O–H groups in total. The third kappa shape index (κ3) is 6.54. The Morgan fingerprint density at radius 2 is 1.45 bits per heavy atom. The van der Waals surface area contributed by atoms with Gasteiger partial charge in [-0.1, -0.05) is 29.5 Å². The molecular weight excluding hydrogens is 416 g/mol. The van der Waals surface area contributed by atoms with Gasteiger partial charge in [0, 0.05) is 29.7 Å². The summed E-state index contributed by atoms with van der Waals surface area (Å²) in [6, 6.07) is 18.1. The van der Waals surface area contributed by atoms with Crippen LogP contribution in [0.25, 0.3) is 12.2 Å². The molecule has 0 amide bonds. The topological polar surface area (TPSA) is 112 Å². The fourth-order valence-corrected chi connectivity index (χ4v) is 3.54. The second-order valence-electron chi connectivity index (χ2n) is 6.51. The van der Waals surface area contributed by atoms with E-state index in [1.165, 1.54) is 6.07 Å². The van der Waals surface area contributed by atoms with Crippen molar-refractivity contribution in [2.75, 3.05) is 31.2 Å². The third-order valence-corrected chi connectivity index (χ3v) is 5.36. The fraction of sp³-hybridized carbons (Fsp3) is 0.182. The molecule has 9 heteroatoms. The number of hydrogen-bond acceptors (Lipinski definition) is 8. The highest BCUT2D eigenvalue weighted by Crippen LogP contribution is 2.26. The van der Waals surface area contributed by atoms with Crippen LogP contribution < -0.4 is 4.90 Å². The number of nitro groups is 1. The van der Waals surface area contributed by atoms with Gasteiger partial charge in [-0.05, 0) is 54.1 Å². The van der Waals surface area contributed by atoms with E-state index in [0.29, 0.717) is 24.5 Å². The van der Waals surface area contributed by atoms with Gasteiger partial charge in [0.2, 0.25) is 0 Å². The largest absolute Gasteiger partial charge is 0.395 e. The number of aliphatic hydroxyl groups is 2. The lowest BCUT2D eigenvalue weighted by Gasteiger charge is -2.22. The van der Waals surface area contributed by atoms with Crippen molar-refractivity contribution < 1.29 is 15.1 Å². The van der Waals surface area contributed by atoms with Gasteiger partial charge >= 0.3 is 5.00 Å². The van der Waals surface area contributed by atoms with Crippen molar-refractivity contribution >= 4 is 45.6 Å². The van der Waals surface area contributed by atoms with E-state index >= 15 is 0 Å². The fourth-order valence-electron chi connectivity index (χ4n) is 2.82. The predicted molar refractivity (Wildman–Crippen MR) is 123 cm³/mol. The summed E-state index contributed by atoms with van der Waals surface area (Å²) in [5.41, 5.74) is 3.25. The van der Waals surface area contributed by atoms with E-state index in [1.807, 2.05) is 65.6 Å². The highest BCUT2D eigenvalue weighted by Gasteiger charge is 2.07. The van der Waals surface area contributed by atoms with Gasteiger partial charge in [-0.15, -0.1) is 0 Å². The molecule has 3 rings (SSSR count). The third-order valence-electron chi connectivity index (χ3n) is 4.36. The van der Waals surface area contributed by atoms with Gasteiger partial charge in [-0.3, -0.25) is 10.1 Å². The molecule has 0 radical (unpaired) electrons. The van der Waals surface area contributed by atoms with Crippen LogP contribution in [0.15, 0.2) is 70.9 Å². The number of hydrogen-bond donors (Lipinski definition) is 2. The van der Waals surface area contributed by atoms with Crippen LogP contribution in [0, 0.1) is 10.1 Å². The lowest BCUT2D eigenvalue weighted by atomic mass is 10.2. The highest BCUT2D eigenvalue weighted by atomic mass is 32.1. The second-order valence-corrected chi connectivity index (χ2v) is 7.60. The Kier molecular flexibility index (Phi) is 7.99. The molecule has 0 aliphatic carbocycles. The lowest BCUT2D eigenvalue weighted by Crippen LogP contribution is -2.29. The summed E-state index contributed by atoms with van der Waals surface area (Å²) in [4.78, 5) is 13.1. The van der Waals surface area contributed by atoms with Crippen molar-refractivity contribution in [3.63, 3.8) is 0 Å². The maximum absolute atomic E-state index is 10.7. The molecular formula is C22H22N4O4S. The molecule has 2 aromatic carbocycles. The first-order valence-corrected chi connectivity index (χ1v) is 10.4. The predicted octanol–water partition coefficient (Wildman–Crippen LogP) is 5.03. The van der Waals surface area contributed by atoms with Crippen molar-refractivity contribution in [3.8, 4) is 0 Å². The smallest absolute Gasteiger partial charge is 0.324 e. The van der Waals surface area contributed by atoms with Crippen molar-refractivity contribution in [2.24, 2.45) is 10.2 Å². The van der Waals surface area contributed by atoms with Crippen LogP contribution in [0.5, 0.6) is 0 Å². The van der Waals surface area contributed by atoms with Gasteiger partial charge in [0.1, 0.15) is 0 Å². The van der Waals surface area contributed by atoms with Crippen molar-refractivity contribution in [1.82, 2.24) is 0 Å². The first kappa shape index (κ1) is 22.3. The first-order chi connectivity index (χ1) is 15.1. The quantitative estimate of drug-likeness (QED) is 0.262. The minimum absolute atomic E-state index is 0.0138. The van der Waals surface area contributed by atoms with E-state index in [1.54, 1.807) is 6.07 Å². The monoisotopic (exact) mass is 438 g/mol. The number of anilines is 1. The van der Waals surface area contributed by atoms with Gasteiger partial charge in [0.15, 0.2) is 0 Å². The second kappa shape index (κ2) is 11.1. The summed E-state index contributed by atoms with van der Waals surface area (Å²) in [5.74, 6) is 0. The Balaban J connectivity index is 1.61.